The molecule has 1 rings (SSSR count). The average molecular weight is 199 g/mol. The number of nitrogens with zero attached hydrogens (tertiary/aromatic N) is 2. The molecule has 0 aromatic rings. The molecule has 0 aromatic heterocycles. The molecule has 0 spiro atoms. The van der Waals surface area contributed by atoms with Crippen LogP contribution in [0.4, 0.5) is 0 Å². The molecule has 82 valence electrons. The summed E-state index contributed by atoms with van der Waals surface area (Å²) in [4.78, 5) is 15.7. The summed E-state index contributed by atoms with van der Waals surface area (Å²) in [7, 11) is 4.18. The highest BCUT2D eigenvalue weighted by Crippen LogP contribution is 2.14. The van der Waals surface area contributed by atoms with E-state index in [1.165, 1.54) is 0 Å². The first-order chi connectivity index (χ1) is 6.52. The first kappa shape index (κ1) is 11.5. The summed E-state index contributed by atoms with van der Waals surface area (Å²) in [5.74, 6) is 0.0854. The molecule has 1 aliphatic rings. The second kappa shape index (κ2) is 4.75. The maximum absolute atomic E-state index is 11.6. The Kier molecular flexibility index (Phi) is 3.89. The van der Waals surface area contributed by atoms with Crippen LogP contribution in [0.25, 0.3) is 0 Å². The van der Waals surface area contributed by atoms with Gasteiger partial charge in [0.1, 0.15) is 0 Å². The number of hydrogen-bond acceptors (Lipinski definition) is 3. The average Bonchev–Trinajstić information content (AvgIpc) is 2.16. The topological polar surface area (TPSA) is 49.6 Å². The van der Waals surface area contributed by atoms with Crippen LogP contribution in [0.2, 0.25) is 0 Å². The van der Waals surface area contributed by atoms with Gasteiger partial charge in [0.25, 0.3) is 0 Å². The van der Waals surface area contributed by atoms with Crippen LogP contribution in [0, 0.1) is 0 Å². The predicted molar refractivity (Wildman–Crippen MR) is 56.9 cm³/mol. The standard InChI is InChI=1S/C10H21N3O/c1-8(11)10(14)13-6-4-9(5-7-13)12(2)3/h8-9H,4-7,11H2,1-3H3/t8-/m1/s1. The number of piperidine rings is 1. The fraction of sp³-hybridized carbons (Fsp3) is 0.900. The summed E-state index contributed by atoms with van der Waals surface area (Å²) in [5, 5.41) is 0. The van der Waals surface area contributed by atoms with E-state index in [-0.39, 0.29) is 11.9 Å². The summed E-state index contributed by atoms with van der Waals surface area (Å²) in [6.07, 6.45) is 2.12. The Balaban J connectivity index is 2.39. The minimum absolute atomic E-state index is 0.0854. The molecule has 14 heavy (non-hydrogen) atoms. The highest BCUT2D eigenvalue weighted by atomic mass is 16.2. The van der Waals surface area contributed by atoms with E-state index in [0.29, 0.717) is 6.04 Å². The Morgan fingerprint density at radius 3 is 2.29 bits per heavy atom. The normalized spacial score (nSPS) is 21.4. The van der Waals surface area contributed by atoms with Gasteiger partial charge in [-0.1, -0.05) is 0 Å². The van der Waals surface area contributed by atoms with Gasteiger partial charge in [0, 0.05) is 19.1 Å². The summed E-state index contributed by atoms with van der Waals surface area (Å²) >= 11 is 0. The lowest BCUT2D eigenvalue weighted by Gasteiger charge is -2.35. The van der Waals surface area contributed by atoms with Crippen molar-refractivity contribution in [3.05, 3.63) is 0 Å². The van der Waals surface area contributed by atoms with E-state index in [1.807, 2.05) is 4.90 Å². The van der Waals surface area contributed by atoms with Gasteiger partial charge in [-0.05, 0) is 33.9 Å². The Morgan fingerprint density at radius 2 is 1.93 bits per heavy atom. The molecule has 4 nitrogen and oxygen atoms in total. The van der Waals surface area contributed by atoms with Crippen LogP contribution >= 0.6 is 0 Å². The van der Waals surface area contributed by atoms with Crippen molar-refractivity contribution in [2.24, 2.45) is 5.73 Å². The van der Waals surface area contributed by atoms with Gasteiger partial charge in [0.05, 0.1) is 6.04 Å². The van der Waals surface area contributed by atoms with Gasteiger partial charge >= 0.3 is 0 Å². The molecule has 4 heteroatoms. The van der Waals surface area contributed by atoms with Crippen LogP contribution in [0.3, 0.4) is 0 Å². The van der Waals surface area contributed by atoms with Crippen molar-refractivity contribution >= 4 is 5.91 Å². The predicted octanol–water partition coefficient (Wildman–Crippen LogP) is -0.114. The molecule has 1 fully saturated rings. The molecular formula is C10H21N3O. The summed E-state index contributed by atoms with van der Waals surface area (Å²) in [6, 6.07) is 0.262. The quantitative estimate of drug-likeness (QED) is 0.675. The van der Waals surface area contributed by atoms with Gasteiger partial charge in [-0.15, -0.1) is 0 Å². The molecule has 0 aromatic carbocycles. The molecule has 1 aliphatic heterocycles. The number of rotatable bonds is 2. The monoisotopic (exact) mass is 199 g/mol. The number of amides is 1. The van der Waals surface area contributed by atoms with Crippen LogP contribution in [0.1, 0.15) is 19.8 Å². The van der Waals surface area contributed by atoms with E-state index in [2.05, 4.69) is 19.0 Å². The molecule has 0 unspecified atom stereocenters. The van der Waals surface area contributed by atoms with Crippen molar-refractivity contribution in [2.75, 3.05) is 27.2 Å². The Morgan fingerprint density at radius 1 is 1.43 bits per heavy atom. The molecule has 2 N–H and O–H groups in total. The molecule has 1 saturated heterocycles. The van der Waals surface area contributed by atoms with E-state index in [0.717, 1.165) is 25.9 Å². The molecule has 0 bridgehead atoms. The van der Waals surface area contributed by atoms with Gasteiger partial charge in [0.2, 0.25) is 5.91 Å². The largest absolute Gasteiger partial charge is 0.341 e. The molecule has 1 heterocycles. The molecule has 1 atom stereocenters. The number of hydrogen-bond donors (Lipinski definition) is 1. The van der Waals surface area contributed by atoms with Crippen LogP contribution in [-0.2, 0) is 4.79 Å². The smallest absolute Gasteiger partial charge is 0.239 e. The van der Waals surface area contributed by atoms with Crippen LogP contribution in [0.5, 0.6) is 0 Å². The van der Waals surface area contributed by atoms with Crippen LogP contribution < -0.4 is 5.73 Å². The van der Waals surface area contributed by atoms with E-state index in [4.69, 9.17) is 5.73 Å². The number of nitrogens with two attached hydrogens (primary N) is 1. The lowest BCUT2D eigenvalue weighted by Crippen LogP contribution is -2.49. The van der Waals surface area contributed by atoms with Gasteiger partial charge in [-0.2, -0.15) is 0 Å². The Bertz CT molecular complexity index is 196. The first-order valence-corrected chi connectivity index (χ1v) is 5.23. The van der Waals surface area contributed by atoms with Gasteiger partial charge < -0.3 is 15.5 Å². The van der Waals surface area contributed by atoms with Crippen molar-refractivity contribution in [1.29, 1.82) is 0 Å². The van der Waals surface area contributed by atoms with Crippen molar-refractivity contribution in [1.82, 2.24) is 9.80 Å². The van der Waals surface area contributed by atoms with E-state index >= 15 is 0 Å². The van der Waals surface area contributed by atoms with Crippen molar-refractivity contribution in [3.8, 4) is 0 Å². The summed E-state index contributed by atoms with van der Waals surface area (Å²) < 4.78 is 0. The fourth-order valence-corrected chi connectivity index (χ4v) is 1.89. The zero-order valence-electron chi connectivity index (χ0n) is 9.36. The lowest BCUT2D eigenvalue weighted by atomic mass is 10.0. The second-order valence-electron chi connectivity index (χ2n) is 4.31. The third kappa shape index (κ3) is 2.69. The van der Waals surface area contributed by atoms with Gasteiger partial charge in [-0.3, -0.25) is 4.79 Å². The summed E-state index contributed by atoms with van der Waals surface area (Å²) in [5.41, 5.74) is 5.56. The van der Waals surface area contributed by atoms with Crippen molar-refractivity contribution in [3.63, 3.8) is 0 Å². The number of carbonyl (C=O) groups is 1. The fourth-order valence-electron chi connectivity index (χ4n) is 1.89. The second-order valence-corrected chi connectivity index (χ2v) is 4.31. The minimum atomic E-state index is -0.356. The number of likely N-dealkylation sites (tertiary alicyclic amines) is 1. The third-order valence-electron chi connectivity index (χ3n) is 2.90. The Labute approximate surface area is 86.0 Å². The highest BCUT2D eigenvalue weighted by Gasteiger charge is 2.24. The van der Waals surface area contributed by atoms with Gasteiger partial charge in [0.15, 0.2) is 0 Å². The molecule has 0 aliphatic carbocycles. The van der Waals surface area contributed by atoms with E-state index in [1.54, 1.807) is 6.92 Å². The lowest BCUT2D eigenvalue weighted by molar-refractivity contribution is -0.133. The third-order valence-corrected chi connectivity index (χ3v) is 2.90. The maximum Gasteiger partial charge on any atom is 0.239 e. The number of carbonyl (C=O) groups excluding carboxylic acids is 1. The maximum atomic E-state index is 11.6. The van der Waals surface area contributed by atoms with Crippen molar-refractivity contribution < 1.29 is 4.79 Å². The van der Waals surface area contributed by atoms with Crippen molar-refractivity contribution in [2.45, 2.75) is 31.8 Å². The molecule has 0 radical (unpaired) electrons. The Hall–Kier alpha value is -0.610. The molecule has 1 amide bonds. The zero-order valence-corrected chi connectivity index (χ0v) is 9.36. The van der Waals surface area contributed by atoms with Crippen LogP contribution in [-0.4, -0.2) is 55.0 Å². The zero-order chi connectivity index (χ0) is 10.7. The SMILES string of the molecule is C[C@@H](N)C(=O)N1CCC(N(C)C)CC1. The summed E-state index contributed by atoms with van der Waals surface area (Å²) in [6.45, 7) is 3.45. The van der Waals surface area contributed by atoms with Gasteiger partial charge in [-0.25, -0.2) is 0 Å². The first-order valence-electron chi connectivity index (χ1n) is 5.23. The molecule has 0 saturated carbocycles. The highest BCUT2D eigenvalue weighted by molar-refractivity contribution is 5.81. The van der Waals surface area contributed by atoms with Crippen LogP contribution in [0.15, 0.2) is 0 Å². The molecular weight excluding hydrogens is 178 g/mol. The van der Waals surface area contributed by atoms with E-state index in [9.17, 15) is 4.79 Å². The van der Waals surface area contributed by atoms with E-state index < -0.39 is 0 Å². The minimum Gasteiger partial charge on any atom is -0.341 e.